The minimum atomic E-state index is -4.68. The number of alkyl halides is 3. The lowest BCUT2D eigenvalue weighted by molar-refractivity contribution is -0.142. The lowest BCUT2D eigenvalue weighted by Gasteiger charge is -2.38. The van der Waals surface area contributed by atoms with Crippen molar-refractivity contribution >= 4 is 23.6 Å². The fourth-order valence-electron chi connectivity index (χ4n) is 5.19. The largest absolute Gasteiger partial charge is 0.459 e. The molecule has 0 spiro atoms. The number of nitrogens with one attached hydrogen (secondary N) is 1. The summed E-state index contributed by atoms with van der Waals surface area (Å²) in [6, 6.07) is 16.8. The summed E-state index contributed by atoms with van der Waals surface area (Å²) in [5, 5.41) is 7.34. The number of rotatable bonds is 7. The third-order valence-corrected chi connectivity index (χ3v) is 7.10. The monoisotopic (exact) mass is 594 g/mol. The number of likely N-dealkylation sites (N-methyl/N-ethyl adjacent to an activating group) is 1. The summed E-state index contributed by atoms with van der Waals surface area (Å²) >= 11 is 0. The number of carbonyl (C=O) groups excluding carboxylic acids is 3. The summed E-state index contributed by atoms with van der Waals surface area (Å²) in [6.07, 6.45) is -4.68. The van der Waals surface area contributed by atoms with E-state index in [1.54, 1.807) is 31.2 Å². The van der Waals surface area contributed by atoms with Crippen molar-refractivity contribution in [3.8, 4) is 5.69 Å². The van der Waals surface area contributed by atoms with Gasteiger partial charge in [0, 0.05) is 30.5 Å². The molecule has 222 valence electrons. The van der Waals surface area contributed by atoms with Gasteiger partial charge in [-0.05, 0) is 55.0 Å². The van der Waals surface area contributed by atoms with Crippen LogP contribution in [-0.4, -0.2) is 40.2 Å². The second-order valence-electron chi connectivity index (χ2n) is 9.85. The van der Waals surface area contributed by atoms with E-state index in [0.717, 1.165) is 12.1 Å². The topological polar surface area (TPSA) is 93.5 Å². The fourth-order valence-corrected chi connectivity index (χ4v) is 5.19. The maximum atomic E-state index is 14.2. The van der Waals surface area contributed by atoms with E-state index >= 15 is 0 Å². The van der Waals surface area contributed by atoms with Gasteiger partial charge in [0.25, 0.3) is 11.8 Å². The van der Waals surface area contributed by atoms with Crippen molar-refractivity contribution < 1.29 is 36.7 Å². The van der Waals surface area contributed by atoms with Crippen LogP contribution in [-0.2, 0) is 27.1 Å². The van der Waals surface area contributed by atoms with Crippen LogP contribution in [0.3, 0.4) is 0 Å². The van der Waals surface area contributed by atoms with Gasteiger partial charge in [-0.2, -0.15) is 18.3 Å². The molecule has 2 amide bonds. The lowest BCUT2D eigenvalue weighted by Crippen LogP contribution is -2.55. The van der Waals surface area contributed by atoms with Gasteiger partial charge in [-0.3, -0.25) is 19.3 Å². The number of halogens is 4. The van der Waals surface area contributed by atoms with Crippen LogP contribution in [0.1, 0.15) is 52.5 Å². The quantitative estimate of drug-likeness (QED) is 0.229. The highest BCUT2D eigenvalue weighted by Gasteiger charge is 2.46. The normalized spacial score (nSPS) is 16.5. The zero-order valence-electron chi connectivity index (χ0n) is 23.1. The van der Waals surface area contributed by atoms with Gasteiger partial charge in [0.15, 0.2) is 0 Å². The second-order valence-corrected chi connectivity index (χ2v) is 9.85. The molecule has 5 rings (SSSR count). The Morgan fingerprint density at radius 1 is 1.00 bits per heavy atom. The van der Waals surface area contributed by atoms with Gasteiger partial charge in [0.05, 0.1) is 11.3 Å². The van der Waals surface area contributed by atoms with E-state index in [1.165, 1.54) is 46.8 Å². The number of amides is 2. The van der Waals surface area contributed by atoms with E-state index in [1.807, 2.05) is 6.07 Å². The summed E-state index contributed by atoms with van der Waals surface area (Å²) < 4.78 is 61.0. The molecule has 2 heterocycles. The number of benzene rings is 3. The molecule has 2 atom stereocenters. The molecule has 0 saturated heterocycles. The molecule has 0 saturated carbocycles. The first-order valence-electron chi connectivity index (χ1n) is 13.3. The molecular weight excluding hydrogens is 568 g/mol. The van der Waals surface area contributed by atoms with Crippen LogP contribution in [0.5, 0.6) is 0 Å². The van der Waals surface area contributed by atoms with Crippen molar-refractivity contribution in [2.75, 3.05) is 11.4 Å². The number of carbonyl (C=O) groups is 3. The molecule has 8 nitrogen and oxygen atoms in total. The highest BCUT2D eigenvalue weighted by Crippen LogP contribution is 2.44. The minimum absolute atomic E-state index is 0.142. The van der Waals surface area contributed by atoms with E-state index in [2.05, 4.69) is 5.32 Å². The van der Waals surface area contributed by atoms with Crippen LogP contribution >= 0.6 is 0 Å². The number of hydrogen-bond donors (Lipinski definition) is 1. The van der Waals surface area contributed by atoms with E-state index in [4.69, 9.17) is 9.84 Å². The van der Waals surface area contributed by atoms with Gasteiger partial charge in [-0.15, -0.1) is 0 Å². The first-order valence-corrected chi connectivity index (χ1v) is 13.3. The Morgan fingerprint density at radius 3 is 2.33 bits per heavy atom. The highest BCUT2D eigenvalue weighted by atomic mass is 19.4. The lowest BCUT2D eigenvalue weighted by atomic mass is 9.81. The molecule has 1 N–H and O–H groups in total. The van der Waals surface area contributed by atoms with E-state index in [-0.39, 0.29) is 24.4 Å². The smallest absolute Gasteiger partial charge is 0.416 e. The molecule has 12 heteroatoms. The number of anilines is 1. The molecule has 1 aromatic heterocycles. The zero-order valence-corrected chi connectivity index (χ0v) is 23.1. The first kappa shape index (κ1) is 29.5. The van der Waals surface area contributed by atoms with Crippen LogP contribution < -0.4 is 10.2 Å². The maximum Gasteiger partial charge on any atom is 0.416 e. The van der Waals surface area contributed by atoms with Crippen LogP contribution in [0.25, 0.3) is 5.69 Å². The van der Waals surface area contributed by atoms with Crippen molar-refractivity contribution in [2.24, 2.45) is 0 Å². The first-order chi connectivity index (χ1) is 20.5. The standard InChI is InChI=1S/C31H26F4N4O4/c1-3-38-29-26(24(17-43-18(2)40)37-39(29)23-10-5-4-6-11-23)25(19-12-14-22(32)15-13-19)27(30(38)42)36-28(41)20-8-7-9-21(16-20)31(33,34)35/h4-16,25,27H,3,17H2,1-2H3,(H,36,41)/t25?,27-/m0/s1. The van der Waals surface area contributed by atoms with Gasteiger partial charge >= 0.3 is 12.1 Å². The van der Waals surface area contributed by atoms with E-state index in [0.29, 0.717) is 28.7 Å². The van der Waals surface area contributed by atoms with Crippen molar-refractivity contribution in [3.05, 3.63) is 113 Å². The molecule has 0 aliphatic carbocycles. The summed E-state index contributed by atoms with van der Waals surface area (Å²) in [5.41, 5.74) is 0.436. The summed E-state index contributed by atoms with van der Waals surface area (Å²) in [7, 11) is 0. The van der Waals surface area contributed by atoms with Crippen molar-refractivity contribution in [3.63, 3.8) is 0 Å². The van der Waals surface area contributed by atoms with Gasteiger partial charge < -0.3 is 10.1 Å². The zero-order chi connectivity index (χ0) is 30.9. The molecule has 1 aliphatic heterocycles. The number of nitrogens with zero attached hydrogens (tertiary/aromatic N) is 3. The van der Waals surface area contributed by atoms with Crippen LogP contribution in [0, 0.1) is 5.82 Å². The summed E-state index contributed by atoms with van der Waals surface area (Å²) in [6.45, 7) is 2.83. The highest BCUT2D eigenvalue weighted by molar-refractivity contribution is 6.05. The number of aromatic nitrogens is 2. The Kier molecular flexibility index (Phi) is 8.03. The van der Waals surface area contributed by atoms with Gasteiger partial charge in [0.2, 0.25) is 0 Å². The Labute approximate surface area is 243 Å². The third kappa shape index (κ3) is 5.85. The maximum absolute atomic E-state index is 14.2. The summed E-state index contributed by atoms with van der Waals surface area (Å²) in [5.74, 6) is -3.18. The molecule has 4 aromatic rings. The molecule has 0 bridgehead atoms. The Morgan fingerprint density at radius 2 is 1.70 bits per heavy atom. The average Bonchev–Trinajstić information content (AvgIpc) is 3.36. The van der Waals surface area contributed by atoms with E-state index < -0.39 is 47.3 Å². The molecule has 1 unspecified atom stereocenters. The Bertz CT molecular complexity index is 1670. The van der Waals surface area contributed by atoms with Gasteiger partial charge in [-0.25, -0.2) is 9.07 Å². The minimum Gasteiger partial charge on any atom is -0.459 e. The van der Waals surface area contributed by atoms with E-state index in [9.17, 15) is 31.9 Å². The number of esters is 1. The molecule has 0 fully saturated rings. The van der Waals surface area contributed by atoms with Crippen molar-refractivity contribution in [2.45, 2.75) is 38.6 Å². The molecular formula is C31H26F4N4O4. The van der Waals surface area contributed by atoms with Gasteiger partial charge in [0.1, 0.15) is 30.0 Å². The van der Waals surface area contributed by atoms with Crippen molar-refractivity contribution in [1.82, 2.24) is 15.1 Å². The average molecular weight is 595 g/mol. The number of ether oxygens (including phenoxy) is 1. The van der Waals surface area contributed by atoms with Crippen LogP contribution in [0.4, 0.5) is 23.4 Å². The Hall–Kier alpha value is -5.00. The SMILES string of the molecule is CCN1C(=O)[C@@H](NC(=O)c2cccc(C(F)(F)F)c2)C(c2ccc(F)cc2)c2c(COC(C)=O)nn(-c3ccccc3)c21. The molecule has 0 radical (unpaired) electrons. The third-order valence-electron chi connectivity index (χ3n) is 7.10. The fraction of sp³-hybridized carbons (Fsp3) is 0.226. The molecule has 1 aliphatic rings. The predicted octanol–water partition coefficient (Wildman–Crippen LogP) is 5.39. The van der Waals surface area contributed by atoms with Crippen molar-refractivity contribution in [1.29, 1.82) is 0 Å². The van der Waals surface area contributed by atoms with Crippen LogP contribution in [0.15, 0.2) is 78.9 Å². The summed E-state index contributed by atoms with van der Waals surface area (Å²) in [4.78, 5) is 40.8. The number of para-hydroxylation sites is 1. The Balaban J connectivity index is 1.70. The number of fused-ring (bicyclic) bond motifs is 1. The number of hydrogen-bond acceptors (Lipinski definition) is 5. The predicted molar refractivity (Wildman–Crippen MR) is 148 cm³/mol. The second kappa shape index (κ2) is 11.7. The van der Waals surface area contributed by atoms with Gasteiger partial charge in [-0.1, -0.05) is 36.4 Å². The van der Waals surface area contributed by atoms with Crippen LogP contribution in [0.2, 0.25) is 0 Å². The molecule has 3 aromatic carbocycles. The molecule has 43 heavy (non-hydrogen) atoms.